The lowest BCUT2D eigenvalue weighted by atomic mass is 10.1. The number of benzene rings is 1. The van der Waals surface area contributed by atoms with Crippen LogP contribution >= 0.6 is 0 Å². The van der Waals surface area contributed by atoms with Crippen LogP contribution < -0.4 is 10.9 Å². The number of hydrogen-bond donors (Lipinski definition) is 2. The van der Waals surface area contributed by atoms with Crippen LogP contribution in [0.25, 0.3) is 0 Å². The van der Waals surface area contributed by atoms with Crippen LogP contribution in [0.1, 0.15) is 21.6 Å². The number of hydrazine groups is 1. The Bertz CT molecular complexity index is 554. The van der Waals surface area contributed by atoms with Crippen molar-refractivity contribution in [3.63, 3.8) is 0 Å². The van der Waals surface area contributed by atoms with Crippen LogP contribution in [-0.2, 0) is 0 Å². The lowest BCUT2D eigenvalue weighted by molar-refractivity contribution is 0.0957. The molecular weight excluding hydrogens is 228 g/mol. The zero-order chi connectivity index (χ0) is 13.0. The van der Waals surface area contributed by atoms with Gasteiger partial charge in [-0.1, -0.05) is 6.07 Å². The van der Waals surface area contributed by atoms with Crippen molar-refractivity contribution in [2.45, 2.75) is 13.8 Å². The number of anilines is 1. The van der Waals surface area contributed by atoms with Crippen molar-refractivity contribution in [2.24, 2.45) is 0 Å². The first-order chi connectivity index (χ1) is 8.66. The van der Waals surface area contributed by atoms with Gasteiger partial charge < -0.3 is 0 Å². The van der Waals surface area contributed by atoms with E-state index in [9.17, 15) is 4.79 Å². The number of carbonyl (C=O) groups excluding carboxylic acids is 1. The van der Waals surface area contributed by atoms with E-state index in [1.807, 2.05) is 32.0 Å². The molecule has 92 valence electrons. The Kier molecular flexibility index (Phi) is 3.52. The van der Waals surface area contributed by atoms with Crippen LogP contribution in [0.4, 0.5) is 5.69 Å². The molecule has 5 nitrogen and oxygen atoms in total. The highest BCUT2D eigenvalue weighted by Crippen LogP contribution is 2.13. The van der Waals surface area contributed by atoms with Gasteiger partial charge in [0.05, 0.1) is 5.69 Å². The number of carbonyl (C=O) groups is 1. The Balaban J connectivity index is 1.99. The molecule has 0 aliphatic heterocycles. The number of rotatable bonds is 3. The molecule has 1 amide bonds. The zero-order valence-electron chi connectivity index (χ0n) is 10.3. The van der Waals surface area contributed by atoms with Crippen LogP contribution in [0, 0.1) is 13.8 Å². The van der Waals surface area contributed by atoms with Gasteiger partial charge in [-0.25, -0.2) is 9.97 Å². The first-order valence-corrected chi connectivity index (χ1v) is 5.56. The average molecular weight is 242 g/mol. The van der Waals surface area contributed by atoms with Crippen molar-refractivity contribution in [2.75, 3.05) is 5.43 Å². The van der Waals surface area contributed by atoms with Crippen molar-refractivity contribution in [1.82, 2.24) is 15.4 Å². The molecule has 1 heterocycles. The third-order valence-corrected chi connectivity index (χ3v) is 2.64. The van der Waals surface area contributed by atoms with Crippen molar-refractivity contribution in [1.29, 1.82) is 0 Å². The standard InChI is InChI=1S/C13H14N4O/c1-9-3-4-11(7-10(9)2)16-17-13(18)12-5-6-14-8-15-12/h3-8,16H,1-2H3,(H,17,18). The average Bonchev–Trinajstić information content (AvgIpc) is 2.41. The molecule has 0 aliphatic rings. The predicted molar refractivity (Wildman–Crippen MR) is 69.0 cm³/mol. The zero-order valence-corrected chi connectivity index (χ0v) is 10.3. The lowest BCUT2D eigenvalue weighted by Gasteiger charge is -2.09. The van der Waals surface area contributed by atoms with E-state index < -0.39 is 0 Å². The van der Waals surface area contributed by atoms with Gasteiger partial charge in [-0.05, 0) is 43.2 Å². The Labute approximate surface area is 105 Å². The molecule has 0 saturated heterocycles. The highest BCUT2D eigenvalue weighted by molar-refractivity contribution is 5.92. The van der Waals surface area contributed by atoms with E-state index in [2.05, 4.69) is 20.8 Å². The van der Waals surface area contributed by atoms with E-state index in [0.29, 0.717) is 5.69 Å². The summed E-state index contributed by atoms with van der Waals surface area (Å²) in [6.45, 7) is 4.06. The lowest BCUT2D eigenvalue weighted by Crippen LogP contribution is -2.30. The van der Waals surface area contributed by atoms with Gasteiger partial charge in [0, 0.05) is 6.20 Å². The number of aryl methyl sites for hydroxylation is 2. The summed E-state index contributed by atoms with van der Waals surface area (Å²) in [5, 5.41) is 0. The molecule has 0 fully saturated rings. The number of hydrogen-bond acceptors (Lipinski definition) is 4. The van der Waals surface area contributed by atoms with E-state index in [1.165, 1.54) is 18.1 Å². The van der Waals surface area contributed by atoms with Gasteiger partial charge in [0.2, 0.25) is 0 Å². The highest BCUT2D eigenvalue weighted by atomic mass is 16.2. The molecule has 1 aromatic carbocycles. The summed E-state index contributed by atoms with van der Waals surface area (Å²) in [6, 6.07) is 7.42. The maximum absolute atomic E-state index is 11.7. The van der Waals surface area contributed by atoms with Crippen LogP contribution in [0.15, 0.2) is 36.8 Å². The first kappa shape index (κ1) is 12.0. The SMILES string of the molecule is Cc1ccc(NNC(=O)c2ccncn2)cc1C. The molecule has 1 aromatic heterocycles. The van der Waals surface area contributed by atoms with Gasteiger partial charge in [-0.2, -0.15) is 0 Å². The summed E-state index contributed by atoms with van der Waals surface area (Å²) in [7, 11) is 0. The predicted octanol–water partition coefficient (Wildman–Crippen LogP) is 1.85. The van der Waals surface area contributed by atoms with E-state index in [1.54, 1.807) is 6.07 Å². The van der Waals surface area contributed by atoms with Crippen molar-refractivity contribution in [3.8, 4) is 0 Å². The molecule has 0 aliphatic carbocycles. The second kappa shape index (κ2) is 5.27. The van der Waals surface area contributed by atoms with Crippen molar-refractivity contribution in [3.05, 3.63) is 53.6 Å². The second-order valence-electron chi connectivity index (χ2n) is 3.97. The summed E-state index contributed by atoms with van der Waals surface area (Å²) in [4.78, 5) is 19.3. The number of aromatic nitrogens is 2. The fourth-order valence-electron chi connectivity index (χ4n) is 1.44. The molecule has 2 aromatic rings. The maximum Gasteiger partial charge on any atom is 0.288 e. The summed E-state index contributed by atoms with van der Waals surface area (Å²) in [5.74, 6) is -0.296. The number of amides is 1. The Morgan fingerprint density at radius 3 is 2.67 bits per heavy atom. The summed E-state index contributed by atoms with van der Waals surface area (Å²) in [6.07, 6.45) is 2.86. The fourth-order valence-corrected chi connectivity index (χ4v) is 1.44. The molecular formula is C13H14N4O. The molecule has 2 rings (SSSR count). The highest BCUT2D eigenvalue weighted by Gasteiger charge is 2.05. The van der Waals surface area contributed by atoms with Crippen molar-refractivity contribution < 1.29 is 4.79 Å². The third-order valence-electron chi connectivity index (χ3n) is 2.64. The first-order valence-electron chi connectivity index (χ1n) is 5.56. The quantitative estimate of drug-likeness (QED) is 0.806. The Morgan fingerprint density at radius 2 is 2.00 bits per heavy atom. The molecule has 0 spiro atoms. The second-order valence-corrected chi connectivity index (χ2v) is 3.97. The Morgan fingerprint density at radius 1 is 1.17 bits per heavy atom. The van der Waals surface area contributed by atoms with Crippen LogP contribution in [0.2, 0.25) is 0 Å². The topological polar surface area (TPSA) is 66.9 Å². The molecule has 0 radical (unpaired) electrons. The summed E-state index contributed by atoms with van der Waals surface area (Å²) < 4.78 is 0. The van der Waals surface area contributed by atoms with E-state index in [0.717, 1.165) is 11.3 Å². The molecule has 0 unspecified atom stereocenters. The largest absolute Gasteiger partial charge is 0.298 e. The van der Waals surface area contributed by atoms with E-state index in [4.69, 9.17) is 0 Å². The molecule has 18 heavy (non-hydrogen) atoms. The smallest absolute Gasteiger partial charge is 0.288 e. The van der Waals surface area contributed by atoms with Gasteiger partial charge in [-0.15, -0.1) is 0 Å². The van der Waals surface area contributed by atoms with Gasteiger partial charge in [0.15, 0.2) is 0 Å². The normalized spacial score (nSPS) is 9.89. The van der Waals surface area contributed by atoms with Crippen molar-refractivity contribution >= 4 is 11.6 Å². The summed E-state index contributed by atoms with van der Waals surface area (Å²) >= 11 is 0. The minimum atomic E-state index is -0.296. The maximum atomic E-state index is 11.7. The monoisotopic (exact) mass is 242 g/mol. The Hall–Kier alpha value is -2.43. The van der Waals surface area contributed by atoms with Gasteiger partial charge in [-0.3, -0.25) is 15.6 Å². The summed E-state index contributed by atoms with van der Waals surface area (Å²) in [5.41, 5.74) is 8.96. The van der Waals surface area contributed by atoms with Crippen LogP contribution in [-0.4, -0.2) is 15.9 Å². The molecule has 0 saturated carbocycles. The van der Waals surface area contributed by atoms with Gasteiger partial charge in [0.25, 0.3) is 5.91 Å². The molecule has 0 bridgehead atoms. The molecule has 5 heteroatoms. The minimum absolute atomic E-state index is 0.296. The number of nitrogens with zero attached hydrogens (tertiary/aromatic N) is 2. The molecule has 0 atom stereocenters. The number of nitrogens with one attached hydrogen (secondary N) is 2. The van der Waals surface area contributed by atoms with E-state index in [-0.39, 0.29) is 5.91 Å². The molecule has 2 N–H and O–H groups in total. The van der Waals surface area contributed by atoms with Gasteiger partial charge >= 0.3 is 0 Å². The van der Waals surface area contributed by atoms with Gasteiger partial charge in [0.1, 0.15) is 12.0 Å². The van der Waals surface area contributed by atoms with E-state index >= 15 is 0 Å². The minimum Gasteiger partial charge on any atom is -0.298 e. The third kappa shape index (κ3) is 2.82. The van der Waals surface area contributed by atoms with Crippen LogP contribution in [0.3, 0.4) is 0 Å². The fraction of sp³-hybridized carbons (Fsp3) is 0.154. The van der Waals surface area contributed by atoms with Crippen LogP contribution in [0.5, 0.6) is 0 Å².